The summed E-state index contributed by atoms with van der Waals surface area (Å²) in [4.78, 5) is 12.5. The summed E-state index contributed by atoms with van der Waals surface area (Å²) < 4.78 is 38.1. The molecule has 7 nitrogen and oxygen atoms in total. The number of ether oxygens (including phenoxy) is 2. The van der Waals surface area contributed by atoms with Gasteiger partial charge in [-0.05, 0) is 61.7 Å². The van der Waals surface area contributed by atoms with Gasteiger partial charge in [0.2, 0.25) is 10.0 Å². The Morgan fingerprint density at radius 1 is 1.07 bits per heavy atom. The molecule has 0 saturated carbocycles. The van der Waals surface area contributed by atoms with Crippen molar-refractivity contribution in [1.82, 2.24) is 4.31 Å². The van der Waals surface area contributed by atoms with Crippen LogP contribution in [0.4, 0.5) is 5.69 Å². The fraction of sp³-hybridized carbons (Fsp3) is 0.381. The molecular formula is C21H26N2O5S. The lowest BCUT2D eigenvalue weighted by atomic mass is 10.1. The maximum absolute atomic E-state index is 13.0. The Labute approximate surface area is 171 Å². The molecule has 0 unspecified atom stereocenters. The van der Waals surface area contributed by atoms with E-state index in [1.165, 1.54) is 10.4 Å². The molecule has 0 atom stereocenters. The van der Waals surface area contributed by atoms with Crippen LogP contribution in [0.25, 0.3) is 0 Å². The van der Waals surface area contributed by atoms with Gasteiger partial charge in [-0.2, -0.15) is 4.31 Å². The van der Waals surface area contributed by atoms with Crippen LogP contribution in [0.15, 0.2) is 41.3 Å². The Balaban J connectivity index is 1.69. The van der Waals surface area contributed by atoms with Gasteiger partial charge in [-0.15, -0.1) is 0 Å². The zero-order chi connectivity index (χ0) is 21.0. The molecule has 0 bridgehead atoms. The Bertz CT molecular complexity index is 978. The summed E-state index contributed by atoms with van der Waals surface area (Å²) >= 11 is 0. The third kappa shape index (κ3) is 5.35. The first-order valence-corrected chi connectivity index (χ1v) is 10.9. The largest absolute Gasteiger partial charge is 0.484 e. The molecule has 2 aromatic carbocycles. The molecule has 0 radical (unpaired) electrons. The van der Waals surface area contributed by atoms with Crippen molar-refractivity contribution in [2.45, 2.75) is 25.7 Å². The lowest BCUT2D eigenvalue weighted by Gasteiger charge is -2.26. The van der Waals surface area contributed by atoms with E-state index in [4.69, 9.17) is 9.47 Å². The quantitative estimate of drug-likeness (QED) is 0.780. The maximum Gasteiger partial charge on any atom is 0.262 e. The van der Waals surface area contributed by atoms with E-state index >= 15 is 0 Å². The highest BCUT2D eigenvalue weighted by Gasteiger charge is 2.28. The first kappa shape index (κ1) is 21.3. The SMILES string of the molecule is Cc1cc(C)cc(OCC(=O)Nc2ccc(C)c(S(=O)(=O)N3CCOCC3)c2)c1. The number of aryl methyl sites for hydroxylation is 3. The molecule has 1 N–H and O–H groups in total. The first-order valence-electron chi connectivity index (χ1n) is 9.45. The molecule has 1 fully saturated rings. The van der Waals surface area contributed by atoms with Crippen LogP contribution in [0.1, 0.15) is 16.7 Å². The van der Waals surface area contributed by atoms with E-state index in [2.05, 4.69) is 5.32 Å². The van der Waals surface area contributed by atoms with Crippen LogP contribution >= 0.6 is 0 Å². The smallest absolute Gasteiger partial charge is 0.262 e. The van der Waals surface area contributed by atoms with E-state index in [0.717, 1.165) is 11.1 Å². The van der Waals surface area contributed by atoms with E-state index in [0.29, 0.717) is 43.3 Å². The van der Waals surface area contributed by atoms with Crippen LogP contribution in [0, 0.1) is 20.8 Å². The molecule has 8 heteroatoms. The van der Waals surface area contributed by atoms with E-state index in [-0.39, 0.29) is 17.4 Å². The van der Waals surface area contributed by atoms with E-state index in [1.54, 1.807) is 19.1 Å². The van der Waals surface area contributed by atoms with Crippen molar-refractivity contribution in [1.29, 1.82) is 0 Å². The molecule has 1 saturated heterocycles. The topological polar surface area (TPSA) is 84.9 Å². The second-order valence-electron chi connectivity index (χ2n) is 7.16. The Morgan fingerprint density at radius 2 is 1.72 bits per heavy atom. The average molecular weight is 419 g/mol. The lowest BCUT2D eigenvalue weighted by molar-refractivity contribution is -0.118. The van der Waals surface area contributed by atoms with Crippen molar-refractivity contribution in [3.8, 4) is 5.75 Å². The van der Waals surface area contributed by atoms with Crippen molar-refractivity contribution in [3.05, 3.63) is 53.1 Å². The summed E-state index contributed by atoms with van der Waals surface area (Å²) in [5, 5.41) is 2.71. The second-order valence-corrected chi connectivity index (χ2v) is 9.06. The van der Waals surface area contributed by atoms with Gasteiger partial charge < -0.3 is 14.8 Å². The predicted octanol–water partition coefficient (Wildman–Crippen LogP) is 2.65. The van der Waals surface area contributed by atoms with E-state index < -0.39 is 10.0 Å². The number of amides is 1. The molecule has 0 aromatic heterocycles. The molecule has 1 heterocycles. The van der Waals surface area contributed by atoms with Crippen LogP contribution in [0.3, 0.4) is 0 Å². The van der Waals surface area contributed by atoms with Crippen LogP contribution in [0.5, 0.6) is 5.75 Å². The number of hydrogen-bond donors (Lipinski definition) is 1. The molecule has 29 heavy (non-hydrogen) atoms. The third-order valence-electron chi connectivity index (χ3n) is 4.62. The normalized spacial score (nSPS) is 15.1. The van der Waals surface area contributed by atoms with Crippen LogP contribution < -0.4 is 10.1 Å². The monoisotopic (exact) mass is 418 g/mol. The van der Waals surface area contributed by atoms with Crippen molar-refractivity contribution < 1.29 is 22.7 Å². The number of carbonyl (C=O) groups excluding carboxylic acids is 1. The molecule has 3 rings (SSSR count). The summed E-state index contributed by atoms with van der Waals surface area (Å²) in [5.41, 5.74) is 3.14. The van der Waals surface area contributed by atoms with Crippen molar-refractivity contribution in [2.24, 2.45) is 0 Å². The lowest BCUT2D eigenvalue weighted by Crippen LogP contribution is -2.40. The number of nitrogens with one attached hydrogen (secondary N) is 1. The summed E-state index contributed by atoms with van der Waals surface area (Å²) in [6.45, 7) is 6.90. The molecule has 0 aliphatic carbocycles. The molecular weight excluding hydrogens is 392 g/mol. The highest BCUT2D eigenvalue weighted by molar-refractivity contribution is 7.89. The summed E-state index contributed by atoms with van der Waals surface area (Å²) in [6.07, 6.45) is 0. The number of sulfonamides is 1. The third-order valence-corrected chi connectivity index (χ3v) is 6.67. The molecule has 2 aromatic rings. The molecule has 1 amide bonds. The van der Waals surface area contributed by atoms with Gasteiger partial charge in [0.05, 0.1) is 18.1 Å². The number of hydrogen-bond acceptors (Lipinski definition) is 5. The van der Waals surface area contributed by atoms with Gasteiger partial charge in [-0.3, -0.25) is 4.79 Å². The number of anilines is 1. The van der Waals surface area contributed by atoms with Crippen molar-refractivity contribution in [3.63, 3.8) is 0 Å². The van der Waals surface area contributed by atoms with Gasteiger partial charge in [0.25, 0.3) is 5.91 Å². The summed E-state index contributed by atoms with van der Waals surface area (Å²) in [5.74, 6) is 0.264. The highest BCUT2D eigenvalue weighted by atomic mass is 32.2. The fourth-order valence-electron chi connectivity index (χ4n) is 3.24. The van der Waals surface area contributed by atoms with Gasteiger partial charge >= 0.3 is 0 Å². The minimum absolute atomic E-state index is 0.164. The number of benzene rings is 2. The van der Waals surface area contributed by atoms with Crippen LogP contribution in [0.2, 0.25) is 0 Å². The van der Waals surface area contributed by atoms with E-state index in [1.807, 2.05) is 32.0 Å². The molecule has 156 valence electrons. The second kappa shape index (κ2) is 8.94. The standard InChI is InChI=1S/C21H26N2O5S/c1-15-10-16(2)12-19(11-15)28-14-21(24)22-18-5-4-17(3)20(13-18)29(25,26)23-6-8-27-9-7-23/h4-5,10-13H,6-9,14H2,1-3H3,(H,22,24). The zero-order valence-corrected chi connectivity index (χ0v) is 17.7. The fourth-order valence-corrected chi connectivity index (χ4v) is 4.90. The Morgan fingerprint density at radius 3 is 2.38 bits per heavy atom. The zero-order valence-electron chi connectivity index (χ0n) is 16.9. The minimum atomic E-state index is -3.65. The molecule has 1 aliphatic rings. The Hall–Kier alpha value is -2.42. The van der Waals surface area contributed by atoms with E-state index in [9.17, 15) is 13.2 Å². The number of carbonyl (C=O) groups is 1. The van der Waals surface area contributed by atoms with Gasteiger partial charge in [-0.1, -0.05) is 12.1 Å². The maximum atomic E-state index is 13.0. The predicted molar refractivity (Wildman–Crippen MR) is 111 cm³/mol. The number of morpholine rings is 1. The van der Waals surface area contributed by atoms with Crippen LogP contribution in [-0.4, -0.2) is 51.5 Å². The highest BCUT2D eigenvalue weighted by Crippen LogP contribution is 2.24. The molecule has 1 aliphatic heterocycles. The number of rotatable bonds is 6. The average Bonchev–Trinajstić information content (AvgIpc) is 2.68. The summed E-state index contributed by atoms with van der Waals surface area (Å²) in [6, 6.07) is 10.6. The summed E-state index contributed by atoms with van der Waals surface area (Å²) in [7, 11) is -3.65. The van der Waals surface area contributed by atoms with Gasteiger partial charge in [0.15, 0.2) is 6.61 Å². The first-order chi connectivity index (χ1) is 13.8. The van der Waals surface area contributed by atoms with Gasteiger partial charge in [0, 0.05) is 18.8 Å². The van der Waals surface area contributed by atoms with Crippen molar-refractivity contribution in [2.75, 3.05) is 38.2 Å². The van der Waals surface area contributed by atoms with Crippen molar-refractivity contribution >= 4 is 21.6 Å². The Kier molecular flexibility index (Phi) is 6.56. The van der Waals surface area contributed by atoms with Crippen LogP contribution in [-0.2, 0) is 19.6 Å². The van der Waals surface area contributed by atoms with Gasteiger partial charge in [0.1, 0.15) is 5.75 Å². The number of nitrogens with zero attached hydrogens (tertiary/aromatic N) is 1. The molecule has 0 spiro atoms. The van der Waals surface area contributed by atoms with Gasteiger partial charge in [-0.25, -0.2) is 8.42 Å². The minimum Gasteiger partial charge on any atom is -0.484 e.